The predicted octanol–water partition coefficient (Wildman–Crippen LogP) is 2.52. The summed E-state index contributed by atoms with van der Waals surface area (Å²) in [6.07, 6.45) is 0.315. The van der Waals surface area contributed by atoms with Gasteiger partial charge in [-0.15, -0.1) is 0 Å². The number of esters is 1. The van der Waals surface area contributed by atoms with Crippen LogP contribution < -0.4 is 16.0 Å². The van der Waals surface area contributed by atoms with Gasteiger partial charge in [0.1, 0.15) is 23.2 Å². The van der Waals surface area contributed by atoms with Crippen LogP contribution in [0, 0.1) is 11.8 Å². The molecule has 0 spiro atoms. The molecule has 0 rings (SSSR count). The van der Waals surface area contributed by atoms with E-state index < -0.39 is 47.1 Å². The maximum atomic E-state index is 13.0. The molecule has 0 bridgehead atoms. The molecule has 0 aliphatic rings. The van der Waals surface area contributed by atoms with Crippen molar-refractivity contribution in [3.05, 3.63) is 0 Å². The second-order valence-electron chi connectivity index (χ2n) is 9.80. The van der Waals surface area contributed by atoms with E-state index in [-0.39, 0.29) is 11.8 Å². The second-order valence-corrected chi connectivity index (χ2v) is 9.80. The predicted molar refractivity (Wildman–Crippen MR) is 118 cm³/mol. The summed E-state index contributed by atoms with van der Waals surface area (Å²) in [7, 11) is 1.26. The molecule has 0 saturated carbocycles. The highest BCUT2D eigenvalue weighted by Gasteiger charge is 2.37. The monoisotopic (exact) mass is 443 g/mol. The Morgan fingerprint density at radius 1 is 0.935 bits per heavy atom. The van der Waals surface area contributed by atoms with Crippen molar-refractivity contribution < 1.29 is 28.7 Å². The van der Waals surface area contributed by atoms with E-state index in [1.807, 2.05) is 27.7 Å². The third-order valence-electron chi connectivity index (χ3n) is 4.67. The summed E-state index contributed by atoms with van der Waals surface area (Å²) in [6, 6.07) is -1.71. The molecule has 180 valence electrons. The highest BCUT2D eigenvalue weighted by Crippen LogP contribution is 2.14. The van der Waals surface area contributed by atoms with Gasteiger partial charge in [-0.25, -0.2) is 9.59 Å². The average molecular weight is 444 g/mol. The lowest BCUT2D eigenvalue weighted by Gasteiger charge is -2.32. The standard InChI is InChI=1S/C22H41N3O6/c1-11-14(4)16(24-20(29)31-21(5,6)7)17(26)25-22(8,9)19(28)23-15(12-13(2)3)18(27)30-10/h13-16H,11-12H2,1-10H3,(H,23,28)(H,24,29)(H,25,26)/t14-,15-,16-/m0/s1. The maximum Gasteiger partial charge on any atom is 0.408 e. The Labute approximate surface area is 186 Å². The van der Waals surface area contributed by atoms with Crippen LogP contribution in [0.2, 0.25) is 0 Å². The number of nitrogens with one attached hydrogen (secondary N) is 3. The lowest BCUT2D eigenvalue weighted by Crippen LogP contribution is -2.62. The topological polar surface area (TPSA) is 123 Å². The number of rotatable bonds is 10. The zero-order valence-corrected chi connectivity index (χ0v) is 20.7. The molecule has 9 heteroatoms. The lowest BCUT2D eigenvalue weighted by molar-refractivity contribution is -0.146. The minimum Gasteiger partial charge on any atom is -0.467 e. The number of hydrogen-bond donors (Lipinski definition) is 3. The van der Waals surface area contributed by atoms with Crippen LogP contribution in [0.15, 0.2) is 0 Å². The van der Waals surface area contributed by atoms with Gasteiger partial charge < -0.3 is 25.4 Å². The number of carbonyl (C=O) groups is 4. The normalized spacial score (nSPS) is 14.8. The van der Waals surface area contributed by atoms with Gasteiger partial charge in [-0.05, 0) is 52.9 Å². The van der Waals surface area contributed by atoms with Gasteiger partial charge in [0.25, 0.3) is 0 Å². The molecule has 0 saturated heterocycles. The molecule has 0 fully saturated rings. The van der Waals surface area contributed by atoms with E-state index in [0.717, 1.165) is 0 Å². The van der Waals surface area contributed by atoms with E-state index in [1.165, 1.54) is 21.0 Å². The molecule has 3 atom stereocenters. The fourth-order valence-electron chi connectivity index (χ4n) is 2.75. The quantitative estimate of drug-likeness (QED) is 0.446. The summed E-state index contributed by atoms with van der Waals surface area (Å²) in [5.74, 6) is -1.64. The number of amides is 3. The molecule has 0 aliphatic carbocycles. The highest BCUT2D eigenvalue weighted by molar-refractivity contribution is 5.95. The Balaban J connectivity index is 5.38. The number of ether oxygens (including phenoxy) is 2. The molecule has 3 amide bonds. The summed E-state index contributed by atoms with van der Waals surface area (Å²) in [5.41, 5.74) is -2.04. The first kappa shape index (κ1) is 28.7. The molecular formula is C22H41N3O6. The number of alkyl carbamates (subject to hydrolysis) is 1. The summed E-state index contributed by atoms with van der Waals surface area (Å²) in [5, 5.41) is 7.94. The summed E-state index contributed by atoms with van der Waals surface area (Å²) in [6.45, 7) is 15.8. The highest BCUT2D eigenvalue weighted by atomic mass is 16.6. The van der Waals surface area contributed by atoms with E-state index in [1.54, 1.807) is 20.8 Å². The van der Waals surface area contributed by atoms with Crippen molar-refractivity contribution in [1.29, 1.82) is 0 Å². The van der Waals surface area contributed by atoms with E-state index in [4.69, 9.17) is 9.47 Å². The summed E-state index contributed by atoms with van der Waals surface area (Å²) >= 11 is 0. The van der Waals surface area contributed by atoms with Crippen LogP contribution in [0.25, 0.3) is 0 Å². The van der Waals surface area contributed by atoms with Crippen molar-refractivity contribution in [2.75, 3.05) is 7.11 Å². The van der Waals surface area contributed by atoms with Crippen molar-refractivity contribution in [2.24, 2.45) is 11.8 Å². The second kappa shape index (κ2) is 11.9. The Kier molecular flexibility index (Phi) is 11.0. The number of methoxy groups -OCH3 is 1. The molecule has 0 aliphatic heterocycles. The van der Waals surface area contributed by atoms with Crippen LogP contribution in [-0.2, 0) is 23.9 Å². The van der Waals surface area contributed by atoms with Gasteiger partial charge in [0.05, 0.1) is 7.11 Å². The molecule has 0 unspecified atom stereocenters. The van der Waals surface area contributed by atoms with Crippen LogP contribution in [-0.4, -0.2) is 54.2 Å². The average Bonchev–Trinajstić information content (AvgIpc) is 2.61. The first-order valence-electron chi connectivity index (χ1n) is 10.7. The van der Waals surface area contributed by atoms with Gasteiger partial charge in [0.15, 0.2) is 0 Å². The number of carbonyl (C=O) groups excluding carboxylic acids is 4. The van der Waals surface area contributed by atoms with Crippen molar-refractivity contribution in [3.8, 4) is 0 Å². The molecular weight excluding hydrogens is 402 g/mol. The fraction of sp³-hybridized carbons (Fsp3) is 0.818. The van der Waals surface area contributed by atoms with E-state index in [2.05, 4.69) is 16.0 Å². The minimum absolute atomic E-state index is 0.148. The number of hydrogen-bond acceptors (Lipinski definition) is 6. The Morgan fingerprint density at radius 3 is 1.90 bits per heavy atom. The molecule has 0 radical (unpaired) electrons. The summed E-state index contributed by atoms with van der Waals surface area (Å²) in [4.78, 5) is 50.0. The Hall–Kier alpha value is -2.32. The Bertz CT molecular complexity index is 640. The maximum absolute atomic E-state index is 13.0. The van der Waals surface area contributed by atoms with Gasteiger partial charge in [-0.1, -0.05) is 34.1 Å². The first-order valence-corrected chi connectivity index (χ1v) is 10.7. The van der Waals surface area contributed by atoms with E-state index in [0.29, 0.717) is 12.8 Å². The van der Waals surface area contributed by atoms with Gasteiger partial charge >= 0.3 is 12.1 Å². The zero-order valence-electron chi connectivity index (χ0n) is 20.7. The molecule has 0 aromatic rings. The van der Waals surface area contributed by atoms with Crippen LogP contribution in [0.1, 0.15) is 75.2 Å². The molecule has 0 aromatic heterocycles. The van der Waals surface area contributed by atoms with Crippen molar-refractivity contribution >= 4 is 23.9 Å². The van der Waals surface area contributed by atoms with E-state index >= 15 is 0 Å². The van der Waals surface area contributed by atoms with Crippen LogP contribution in [0.4, 0.5) is 4.79 Å². The first-order chi connectivity index (χ1) is 14.0. The molecule has 3 N–H and O–H groups in total. The van der Waals surface area contributed by atoms with Crippen LogP contribution >= 0.6 is 0 Å². The Morgan fingerprint density at radius 2 is 1.48 bits per heavy atom. The smallest absolute Gasteiger partial charge is 0.408 e. The van der Waals surface area contributed by atoms with Gasteiger partial charge in [0, 0.05) is 0 Å². The molecule has 0 heterocycles. The summed E-state index contributed by atoms with van der Waals surface area (Å²) < 4.78 is 10.0. The van der Waals surface area contributed by atoms with Crippen molar-refractivity contribution in [1.82, 2.24) is 16.0 Å². The molecule has 9 nitrogen and oxygen atoms in total. The fourth-order valence-corrected chi connectivity index (χ4v) is 2.75. The molecule has 31 heavy (non-hydrogen) atoms. The van der Waals surface area contributed by atoms with Crippen molar-refractivity contribution in [2.45, 2.75) is 98.4 Å². The molecule has 0 aromatic carbocycles. The largest absolute Gasteiger partial charge is 0.467 e. The SMILES string of the molecule is CC[C@H](C)[C@H](NC(=O)OC(C)(C)C)C(=O)NC(C)(C)C(=O)N[C@@H](CC(C)C)C(=O)OC. The van der Waals surface area contributed by atoms with Gasteiger partial charge in [-0.2, -0.15) is 0 Å². The minimum atomic E-state index is -1.33. The van der Waals surface area contributed by atoms with Gasteiger partial charge in [0.2, 0.25) is 11.8 Å². The van der Waals surface area contributed by atoms with Crippen LogP contribution in [0.5, 0.6) is 0 Å². The third-order valence-corrected chi connectivity index (χ3v) is 4.67. The van der Waals surface area contributed by atoms with Crippen molar-refractivity contribution in [3.63, 3.8) is 0 Å². The zero-order chi connectivity index (χ0) is 24.6. The van der Waals surface area contributed by atoms with E-state index in [9.17, 15) is 19.2 Å². The van der Waals surface area contributed by atoms with Crippen LogP contribution in [0.3, 0.4) is 0 Å². The lowest BCUT2D eigenvalue weighted by atomic mass is 9.95. The third kappa shape index (κ3) is 10.5. The van der Waals surface area contributed by atoms with Gasteiger partial charge in [-0.3, -0.25) is 9.59 Å².